The van der Waals surface area contributed by atoms with Crippen LogP contribution in [-0.4, -0.2) is 29.5 Å². The molecule has 0 saturated heterocycles. The smallest absolute Gasteiger partial charge is 0.131 e. The molecular formula is C20H24N2O. The fraction of sp³-hybridized carbons (Fsp3) is 0.350. The van der Waals surface area contributed by atoms with Crippen molar-refractivity contribution in [2.45, 2.75) is 26.9 Å². The predicted molar refractivity (Wildman–Crippen MR) is 94.5 cm³/mol. The Morgan fingerprint density at radius 1 is 1.09 bits per heavy atom. The van der Waals surface area contributed by atoms with Crippen LogP contribution in [0.4, 0.5) is 0 Å². The van der Waals surface area contributed by atoms with Gasteiger partial charge in [-0.05, 0) is 37.2 Å². The zero-order chi connectivity index (χ0) is 16.1. The van der Waals surface area contributed by atoms with Gasteiger partial charge in [0.15, 0.2) is 0 Å². The van der Waals surface area contributed by atoms with Crippen LogP contribution in [0.3, 0.4) is 0 Å². The Bertz CT molecular complexity index is 640. The van der Waals surface area contributed by atoms with Gasteiger partial charge in [0.25, 0.3) is 0 Å². The van der Waals surface area contributed by atoms with E-state index in [2.05, 4.69) is 48.0 Å². The Labute approximate surface area is 138 Å². The van der Waals surface area contributed by atoms with Crippen molar-refractivity contribution < 1.29 is 4.74 Å². The van der Waals surface area contributed by atoms with E-state index in [-0.39, 0.29) is 0 Å². The van der Waals surface area contributed by atoms with Crippen LogP contribution in [0.2, 0.25) is 0 Å². The van der Waals surface area contributed by atoms with Gasteiger partial charge in [-0.2, -0.15) is 0 Å². The Morgan fingerprint density at radius 3 is 2.70 bits per heavy atom. The summed E-state index contributed by atoms with van der Waals surface area (Å²) in [6, 6.07) is 12.4. The van der Waals surface area contributed by atoms with Gasteiger partial charge in [0.05, 0.1) is 5.69 Å². The lowest BCUT2D eigenvalue weighted by molar-refractivity contribution is 0.302. The molecule has 0 spiro atoms. The summed E-state index contributed by atoms with van der Waals surface area (Å²) >= 11 is 0. The lowest BCUT2D eigenvalue weighted by Gasteiger charge is -2.17. The zero-order valence-electron chi connectivity index (χ0n) is 14.0. The first-order valence-electron chi connectivity index (χ1n) is 8.42. The molecule has 0 fully saturated rings. The van der Waals surface area contributed by atoms with Crippen molar-refractivity contribution in [1.82, 2.24) is 9.88 Å². The van der Waals surface area contributed by atoms with Gasteiger partial charge in [-0.3, -0.25) is 4.98 Å². The molecule has 2 heterocycles. The molecule has 23 heavy (non-hydrogen) atoms. The number of ether oxygens (including phenoxy) is 1. The number of fused-ring (bicyclic) bond motifs is 2. The van der Waals surface area contributed by atoms with E-state index in [1.54, 1.807) is 0 Å². The van der Waals surface area contributed by atoms with Crippen molar-refractivity contribution in [3.8, 4) is 5.75 Å². The molecule has 1 aliphatic rings. The average Bonchev–Trinajstić information content (AvgIpc) is 2.76. The molecule has 0 aliphatic carbocycles. The van der Waals surface area contributed by atoms with Crippen molar-refractivity contribution in [2.24, 2.45) is 0 Å². The van der Waals surface area contributed by atoms with Crippen molar-refractivity contribution >= 4 is 5.57 Å². The third kappa shape index (κ3) is 3.45. The van der Waals surface area contributed by atoms with Gasteiger partial charge in [-0.15, -0.1) is 0 Å². The van der Waals surface area contributed by atoms with E-state index in [1.807, 2.05) is 24.4 Å². The van der Waals surface area contributed by atoms with Crippen molar-refractivity contribution in [3.63, 3.8) is 0 Å². The van der Waals surface area contributed by atoms with Crippen LogP contribution in [0.5, 0.6) is 5.75 Å². The first-order chi connectivity index (χ1) is 11.3. The van der Waals surface area contributed by atoms with Gasteiger partial charge in [-0.1, -0.05) is 44.2 Å². The highest BCUT2D eigenvalue weighted by atomic mass is 16.5. The first-order valence-corrected chi connectivity index (χ1v) is 8.42. The molecule has 0 atom stereocenters. The highest BCUT2D eigenvalue weighted by Gasteiger charge is 2.19. The van der Waals surface area contributed by atoms with E-state index >= 15 is 0 Å². The lowest BCUT2D eigenvalue weighted by Crippen LogP contribution is -2.23. The molecule has 0 amide bonds. The fourth-order valence-corrected chi connectivity index (χ4v) is 3.06. The Kier molecular flexibility index (Phi) is 5.09. The predicted octanol–water partition coefficient (Wildman–Crippen LogP) is 4.14. The molecule has 3 nitrogen and oxygen atoms in total. The average molecular weight is 308 g/mol. The summed E-state index contributed by atoms with van der Waals surface area (Å²) in [5, 5.41) is 0. The standard InChI is InChI=1S/C20H24N2O/c1-3-22(4-2)14-8-11-16-17-10-7-13-21-19(17)15-23-20-12-6-5-9-18(16)20/h5-7,9-13H,3-4,8,14-15H2,1-2H3/b16-11-. The van der Waals surface area contributed by atoms with Crippen molar-refractivity contribution in [3.05, 3.63) is 65.5 Å². The van der Waals surface area contributed by atoms with Crippen LogP contribution >= 0.6 is 0 Å². The van der Waals surface area contributed by atoms with E-state index < -0.39 is 0 Å². The van der Waals surface area contributed by atoms with Crippen LogP contribution in [0.1, 0.15) is 37.1 Å². The lowest BCUT2D eigenvalue weighted by atomic mass is 9.96. The second kappa shape index (κ2) is 7.42. The second-order valence-electron chi connectivity index (χ2n) is 5.72. The quantitative estimate of drug-likeness (QED) is 0.830. The number of nitrogens with zero attached hydrogens (tertiary/aromatic N) is 2. The normalized spacial score (nSPS) is 15.0. The summed E-state index contributed by atoms with van der Waals surface area (Å²) in [5.74, 6) is 0.944. The topological polar surface area (TPSA) is 25.4 Å². The third-order valence-electron chi connectivity index (χ3n) is 4.41. The molecule has 1 aromatic carbocycles. The van der Waals surface area contributed by atoms with E-state index in [9.17, 15) is 0 Å². The zero-order valence-corrected chi connectivity index (χ0v) is 14.0. The molecule has 120 valence electrons. The number of rotatable bonds is 5. The number of hydrogen-bond donors (Lipinski definition) is 0. The van der Waals surface area contributed by atoms with Gasteiger partial charge in [-0.25, -0.2) is 0 Å². The maximum atomic E-state index is 5.96. The monoisotopic (exact) mass is 308 g/mol. The van der Waals surface area contributed by atoms with Crippen molar-refractivity contribution in [2.75, 3.05) is 19.6 Å². The highest BCUT2D eigenvalue weighted by Crippen LogP contribution is 2.35. The summed E-state index contributed by atoms with van der Waals surface area (Å²) in [6.45, 7) is 8.22. The minimum Gasteiger partial charge on any atom is -0.487 e. The Hall–Kier alpha value is -2.13. The molecule has 3 heteroatoms. The number of hydrogen-bond acceptors (Lipinski definition) is 3. The van der Waals surface area contributed by atoms with E-state index in [1.165, 1.54) is 16.7 Å². The second-order valence-corrected chi connectivity index (χ2v) is 5.72. The summed E-state index contributed by atoms with van der Waals surface area (Å²) < 4.78 is 5.96. The summed E-state index contributed by atoms with van der Waals surface area (Å²) in [4.78, 5) is 6.96. The minimum absolute atomic E-state index is 0.528. The molecular weight excluding hydrogens is 284 g/mol. The number of benzene rings is 1. The first kappa shape index (κ1) is 15.8. The van der Waals surface area contributed by atoms with Gasteiger partial charge in [0.2, 0.25) is 0 Å². The Balaban J connectivity index is 1.96. The maximum Gasteiger partial charge on any atom is 0.131 e. The number of aromatic nitrogens is 1. The summed E-state index contributed by atoms with van der Waals surface area (Å²) in [6.07, 6.45) is 5.21. The maximum absolute atomic E-state index is 5.96. The molecule has 0 N–H and O–H groups in total. The van der Waals surface area contributed by atoms with Crippen LogP contribution in [0.15, 0.2) is 48.7 Å². The number of para-hydroxylation sites is 1. The fourth-order valence-electron chi connectivity index (χ4n) is 3.06. The number of pyridine rings is 1. The molecule has 3 rings (SSSR count). The van der Waals surface area contributed by atoms with Crippen molar-refractivity contribution in [1.29, 1.82) is 0 Å². The molecule has 0 radical (unpaired) electrons. The van der Waals surface area contributed by atoms with Gasteiger partial charge in [0.1, 0.15) is 12.4 Å². The van der Waals surface area contributed by atoms with Gasteiger partial charge in [0, 0.05) is 23.9 Å². The van der Waals surface area contributed by atoms with E-state index in [0.29, 0.717) is 6.61 Å². The van der Waals surface area contributed by atoms with E-state index in [0.717, 1.165) is 37.5 Å². The Morgan fingerprint density at radius 2 is 1.87 bits per heavy atom. The molecule has 1 aromatic heterocycles. The summed E-state index contributed by atoms with van der Waals surface area (Å²) in [5.41, 5.74) is 4.61. The molecule has 0 unspecified atom stereocenters. The van der Waals surface area contributed by atoms with Crippen LogP contribution in [-0.2, 0) is 6.61 Å². The van der Waals surface area contributed by atoms with Crippen LogP contribution in [0, 0.1) is 0 Å². The molecule has 1 aliphatic heterocycles. The molecule has 2 aromatic rings. The van der Waals surface area contributed by atoms with E-state index in [4.69, 9.17) is 4.74 Å². The largest absolute Gasteiger partial charge is 0.487 e. The highest BCUT2D eigenvalue weighted by molar-refractivity contribution is 5.84. The van der Waals surface area contributed by atoms with Crippen LogP contribution < -0.4 is 4.74 Å². The SMILES string of the molecule is CCN(CC)CC/C=C1\c2ccccc2OCc2ncccc21. The molecule has 0 bridgehead atoms. The summed E-state index contributed by atoms with van der Waals surface area (Å²) in [7, 11) is 0. The third-order valence-corrected chi connectivity index (χ3v) is 4.41. The van der Waals surface area contributed by atoms with Gasteiger partial charge >= 0.3 is 0 Å². The van der Waals surface area contributed by atoms with Crippen LogP contribution in [0.25, 0.3) is 5.57 Å². The van der Waals surface area contributed by atoms with Gasteiger partial charge < -0.3 is 9.64 Å². The minimum atomic E-state index is 0.528. The molecule has 0 saturated carbocycles.